The molecule has 0 radical (unpaired) electrons. The molecule has 1 aliphatic carbocycles. The Hall–Kier alpha value is -0.570. The van der Waals surface area contributed by atoms with E-state index < -0.39 is 0 Å². The minimum Gasteiger partial charge on any atom is -0.462 e. The van der Waals surface area contributed by atoms with Crippen molar-refractivity contribution in [2.24, 2.45) is 11.8 Å². The number of ether oxygens (including phenoxy) is 1. The number of hydrogen-bond acceptors (Lipinski definition) is 3. The van der Waals surface area contributed by atoms with Gasteiger partial charge in [-0.3, -0.25) is 4.79 Å². The van der Waals surface area contributed by atoms with Crippen LogP contribution in [-0.2, 0) is 9.53 Å². The Morgan fingerprint density at radius 2 is 1.50 bits per heavy atom. The Kier molecular flexibility index (Phi) is 4.48. The molecule has 0 amide bonds. The summed E-state index contributed by atoms with van der Waals surface area (Å²) in [6, 6.07) is 0. The monoisotopic (exact) mass is 281 g/mol. The molecular formula is C17H31NO2. The van der Waals surface area contributed by atoms with Crippen molar-refractivity contribution in [3.05, 3.63) is 0 Å². The Labute approximate surface area is 123 Å². The summed E-state index contributed by atoms with van der Waals surface area (Å²) in [7, 11) is 0. The lowest BCUT2D eigenvalue weighted by Gasteiger charge is -2.45. The molecule has 0 aromatic rings. The highest BCUT2D eigenvalue weighted by molar-refractivity contribution is 5.73. The van der Waals surface area contributed by atoms with Crippen molar-refractivity contribution in [2.75, 3.05) is 0 Å². The van der Waals surface area contributed by atoms with Crippen molar-refractivity contribution in [3.8, 4) is 0 Å². The third-order valence-corrected chi connectivity index (χ3v) is 4.77. The van der Waals surface area contributed by atoms with Gasteiger partial charge in [0, 0.05) is 11.1 Å². The number of carbonyl (C=O) groups excluding carboxylic acids is 1. The predicted molar refractivity (Wildman–Crippen MR) is 81.5 cm³/mol. The van der Waals surface area contributed by atoms with Gasteiger partial charge in [0.1, 0.15) is 6.10 Å². The molecule has 3 heteroatoms. The zero-order valence-electron chi connectivity index (χ0n) is 13.8. The minimum absolute atomic E-state index is 0.00646. The molecule has 20 heavy (non-hydrogen) atoms. The molecule has 0 atom stereocenters. The Bertz CT molecular complexity index is 338. The largest absolute Gasteiger partial charge is 0.462 e. The third kappa shape index (κ3) is 4.21. The number of nitrogens with one attached hydrogen (secondary N) is 1. The molecule has 1 N–H and O–H groups in total. The van der Waals surface area contributed by atoms with E-state index in [0.717, 1.165) is 31.6 Å². The van der Waals surface area contributed by atoms with Gasteiger partial charge < -0.3 is 10.1 Å². The summed E-state index contributed by atoms with van der Waals surface area (Å²) >= 11 is 0. The molecule has 0 spiro atoms. The van der Waals surface area contributed by atoms with Gasteiger partial charge in [0.25, 0.3) is 0 Å². The maximum atomic E-state index is 12.5. The number of esters is 1. The average molecular weight is 281 g/mol. The summed E-state index contributed by atoms with van der Waals surface area (Å²) in [6.07, 6.45) is 6.40. The molecular weight excluding hydrogens is 250 g/mol. The van der Waals surface area contributed by atoms with Gasteiger partial charge in [-0.1, -0.05) is 6.92 Å². The van der Waals surface area contributed by atoms with E-state index in [9.17, 15) is 4.79 Å². The first kappa shape index (κ1) is 15.8. The molecule has 0 bridgehead atoms. The van der Waals surface area contributed by atoms with Crippen molar-refractivity contribution in [1.82, 2.24) is 5.32 Å². The molecule has 3 nitrogen and oxygen atoms in total. The van der Waals surface area contributed by atoms with E-state index in [1.807, 2.05) is 0 Å². The van der Waals surface area contributed by atoms with Crippen LogP contribution in [0.15, 0.2) is 0 Å². The van der Waals surface area contributed by atoms with Gasteiger partial charge in [0.15, 0.2) is 0 Å². The van der Waals surface area contributed by atoms with Crippen LogP contribution in [-0.4, -0.2) is 23.2 Å². The predicted octanol–water partition coefficient (Wildman–Crippen LogP) is 3.67. The molecule has 1 saturated heterocycles. The summed E-state index contributed by atoms with van der Waals surface area (Å²) < 4.78 is 5.80. The molecule has 1 heterocycles. The van der Waals surface area contributed by atoms with E-state index in [4.69, 9.17) is 4.74 Å². The standard InChI is InChI=1S/C17H31NO2/c1-12-6-8-14(9-7-12)20-15(19)13-10-16(2,3)18-17(4,5)11-13/h12-14,18H,6-11H2,1-5H3. The van der Waals surface area contributed by atoms with Gasteiger partial charge in [-0.05, 0) is 72.1 Å². The normalized spacial score (nSPS) is 33.6. The van der Waals surface area contributed by atoms with Crippen LogP contribution in [0, 0.1) is 11.8 Å². The van der Waals surface area contributed by atoms with Gasteiger partial charge in [-0.2, -0.15) is 0 Å². The Morgan fingerprint density at radius 1 is 1.00 bits per heavy atom. The number of rotatable bonds is 2. The smallest absolute Gasteiger partial charge is 0.309 e. The van der Waals surface area contributed by atoms with E-state index >= 15 is 0 Å². The first-order valence-corrected chi connectivity index (χ1v) is 8.17. The van der Waals surface area contributed by atoms with E-state index in [-0.39, 0.29) is 29.1 Å². The highest BCUT2D eigenvalue weighted by Crippen LogP contribution is 2.34. The molecule has 2 aliphatic rings. The molecule has 0 unspecified atom stereocenters. The highest BCUT2D eigenvalue weighted by Gasteiger charge is 2.41. The van der Waals surface area contributed by atoms with E-state index in [1.54, 1.807) is 0 Å². The lowest BCUT2D eigenvalue weighted by molar-refractivity contribution is -0.159. The quantitative estimate of drug-likeness (QED) is 0.785. The second-order valence-electron chi connectivity index (χ2n) is 8.32. The summed E-state index contributed by atoms with van der Waals surface area (Å²) in [6.45, 7) is 11.0. The zero-order chi connectivity index (χ0) is 15.0. The van der Waals surface area contributed by atoms with Gasteiger partial charge in [-0.25, -0.2) is 0 Å². The summed E-state index contributed by atoms with van der Waals surface area (Å²) in [5.41, 5.74) is 0.0129. The molecule has 1 aliphatic heterocycles. The second kappa shape index (κ2) is 5.67. The Morgan fingerprint density at radius 3 is 2.00 bits per heavy atom. The van der Waals surface area contributed by atoms with Crippen LogP contribution in [0.3, 0.4) is 0 Å². The van der Waals surface area contributed by atoms with Crippen LogP contribution < -0.4 is 5.32 Å². The first-order valence-electron chi connectivity index (χ1n) is 8.17. The van der Waals surface area contributed by atoms with Crippen LogP contribution in [0.5, 0.6) is 0 Å². The first-order chi connectivity index (χ1) is 9.17. The van der Waals surface area contributed by atoms with Gasteiger partial charge >= 0.3 is 5.97 Å². The Balaban J connectivity index is 1.91. The van der Waals surface area contributed by atoms with Crippen molar-refractivity contribution in [3.63, 3.8) is 0 Å². The van der Waals surface area contributed by atoms with Gasteiger partial charge in [0.2, 0.25) is 0 Å². The van der Waals surface area contributed by atoms with E-state index in [0.29, 0.717) is 0 Å². The van der Waals surface area contributed by atoms with Gasteiger partial charge in [-0.15, -0.1) is 0 Å². The fraction of sp³-hybridized carbons (Fsp3) is 0.941. The highest BCUT2D eigenvalue weighted by atomic mass is 16.5. The maximum absolute atomic E-state index is 12.5. The average Bonchev–Trinajstić information content (AvgIpc) is 2.28. The zero-order valence-corrected chi connectivity index (χ0v) is 13.8. The van der Waals surface area contributed by atoms with Crippen molar-refractivity contribution in [1.29, 1.82) is 0 Å². The molecule has 0 aromatic heterocycles. The molecule has 2 fully saturated rings. The van der Waals surface area contributed by atoms with Crippen LogP contribution in [0.1, 0.15) is 73.1 Å². The summed E-state index contributed by atoms with van der Waals surface area (Å²) in [5.74, 6) is 0.870. The molecule has 1 saturated carbocycles. The fourth-order valence-electron chi connectivity index (χ4n) is 4.10. The van der Waals surface area contributed by atoms with Crippen LogP contribution in [0.2, 0.25) is 0 Å². The van der Waals surface area contributed by atoms with E-state index in [2.05, 4.69) is 39.9 Å². The topological polar surface area (TPSA) is 38.3 Å². The lowest BCUT2D eigenvalue weighted by Crippen LogP contribution is -2.59. The molecule has 2 rings (SSSR count). The number of hydrogen-bond donors (Lipinski definition) is 1. The van der Waals surface area contributed by atoms with Crippen LogP contribution in [0.25, 0.3) is 0 Å². The third-order valence-electron chi connectivity index (χ3n) is 4.77. The van der Waals surface area contributed by atoms with Crippen molar-refractivity contribution < 1.29 is 9.53 Å². The lowest BCUT2D eigenvalue weighted by atomic mass is 9.76. The van der Waals surface area contributed by atoms with Crippen molar-refractivity contribution in [2.45, 2.75) is 90.3 Å². The molecule has 116 valence electrons. The van der Waals surface area contributed by atoms with Crippen molar-refractivity contribution >= 4 is 5.97 Å². The van der Waals surface area contributed by atoms with Crippen LogP contribution >= 0.6 is 0 Å². The van der Waals surface area contributed by atoms with Crippen LogP contribution in [0.4, 0.5) is 0 Å². The maximum Gasteiger partial charge on any atom is 0.309 e. The number of piperidine rings is 1. The number of carbonyl (C=O) groups is 1. The fourth-order valence-corrected chi connectivity index (χ4v) is 4.10. The minimum atomic E-state index is 0.00646. The van der Waals surface area contributed by atoms with E-state index in [1.165, 1.54) is 12.8 Å². The van der Waals surface area contributed by atoms with Gasteiger partial charge in [0.05, 0.1) is 5.92 Å². The SMILES string of the molecule is CC1CCC(OC(=O)C2CC(C)(C)NC(C)(C)C2)CC1. The molecule has 0 aromatic carbocycles. The summed E-state index contributed by atoms with van der Waals surface area (Å²) in [4.78, 5) is 12.5. The summed E-state index contributed by atoms with van der Waals surface area (Å²) in [5, 5.41) is 3.62. The second-order valence-corrected chi connectivity index (χ2v) is 8.32.